The SMILES string of the molecule is CCCCCCCCCC.O=C(O)C(O)C(O)C(=O)O. The lowest BCUT2D eigenvalue weighted by Gasteiger charge is -2.07. The zero-order chi connectivity index (χ0) is 16.0. The van der Waals surface area contributed by atoms with E-state index in [2.05, 4.69) is 13.8 Å². The van der Waals surface area contributed by atoms with Gasteiger partial charge in [-0.05, 0) is 0 Å². The highest BCUT2D eigenvalue weighted by Crippen LogP contribution is 2.07. The topological polar surface area (TPSA) is 115 Å². The number of rotatable bonds is 10. The van der Waals surface area contributed by atoms with Crippen LogP contribution in [0.5, 0.6) is 0 Å². The van der Waals surface area contributed by atoms with E-state index in [1.54, 1.807) is 0 Å². The van der Waals surface area contributed by atoms with Crippen molar-refractivity contribution in [1.82, 2.24) is 0 Å². The van der Waals surface area contributed by atoms with Crippen molar-refractivity contribution in [1.29, 1.82) is 0 Å². The van der Waals surface area contributed by atoms with E-state index in [1.165, 1.54) is 51.4 Å². The fraction of sp³-hybridized carbons (Fsp3) is 0.857. The maximum absolute atomic E-state index is 9.77. The van der Waals surface area contributed by atoms with Gasteiger partial charge in [0.2, 0.25) is 0 Å². The van der Waals surface area contributed by atoms with Gasteiger partial charge in [0, 0.05) is 0 Å². The molecule has 0 aromatic carbocycles. The summed E-state index contributed by atoms with van der Waals surface area (Å²) in [5.74, 6) is -3.54. The molecule has 0 amide bonds. The Kier molecular flexibility index (Phi) is 15.1. The molecule has 120 valence electrons. The fourth-order valence-electron chi connectivity index (χ4n) is 1.48. The first-order valence-electron chi connectivity index (χ1n) is 7.20. The molecule has 6 nitrogen and oxygen atoms in total. The predicted molar refractivity (Wildman–Crippen MR) is 75.6 cm³/mol. The third-order valence-corrected chi connectivity index (χ3v) is 2.76. The molecule has 0 aliphatic carbocycles. The lowest BCUT2D eigenvalue weighted by Crippen LogP contribution is -2.39. The smallest absolute Gasteiger partial charge is 0.335 e. The van der Waals surface area contributed by atoms with Crippen molar-refractivity contribution in [3.63, 3.8) is 0 Å². The normalized spacial score (nSPS) is 13.0. The summed E-state index contributed by atoms with van der Waals surface area (Å²) in [4.78, 5) is 19.5. The maximum Gasteiger partial charge on any atom is 0.335 e. The molecule has 2 unspecified atom stereocenters. The van der Waals surface area contributed by atoms with Crippen molar-refractivity contribution in [2.45, 2.75) is 77.4 Å². The summed E-state index contributed by atoms with van der Waals surface area (Å²) >= 11 is 0. The molecule has 0 saturated heterocycles. The van der Waals surface area contributed by atoms with Crippen LogP contribution >= 0.6 is 0 Å². The summed E-state index contributed by atoms with van der Waals surface area (Å²) in [6, 6.07) is 0. The van der Waals surface area contributed by atoms with Gasteiger partial charge in [0.25, 0.3) is 0 Å². The quantitative estimate of drug-likeness (QED) is 0.458. The molecule has 20 heavy (non-hydrogen) atoms. The summed E-state index contributed by atoms with van der Waals surface area (Å²) in [5, 5.41) is 32.5. The summed E-state index contributed by atoms with van der Waals surface area (Å²) in [5.41, 5.74) is 0. The third-order valence-electron chi connectivity index (χ3n) is 2.76. The van der Waals surface area contributed by atoms with Gasteiger partial charge in [-0.15, -0.1) is 0 Å². The summed E-state index contributed by atoms with van der Waals surface area (Å²) in [7, 11) is 0. The predicted octanol–water partition coefficient (Wildman–Crippen LogP) is 2.02. The van der Waals surface area contributed by atoms with Crippen LogP contribution in [0, 0.1) is 0 Å². The van der Waals surface area contributed by atoms with Crippen LogP contribution in [-0.4, -0.2) is 44.6 Å². The number of carbonyl (C=O) groups is 2. The van der Waals surface area contributed by atoms with Gasteiger partial charge in [0.1, 0.15) is 0 Å². The van der Waals surface area contributed by atoms with E-state index in [9.17, 15) is 9.59 Å². The first-order valence-corrected chi connectivity index (χ1v) is 7.20. The maximum atomic E-state index is 9.77. The molecule has 0 rings (SSSR count). The largest absolute Gasteiger partial charge is 0.479 e. The number of aliphatic carboxylic acids is 2. The molecule has 0 saturated carbocycles. The van der Waals surface area contributed by atoms with Gasteiger partial charge < -0.3 is 20.4 Å². The Morgan fingerprint density at radius 1 is 0.700 bits per heavy atom. The Labute approximate surface area is 120 Å². The molecule has 0 spiro atoms. The van der Waals surface area contributed by atoms with Gasteiger partial charge in [0.05, 0.1) is 0 Å². The molecule has 0 bridgehead atoms. The van der Waals surface area contributed by atoms with Crippen LogP contribution in [0.15, 0.2) is 0 Å². The van der Waals surface area contributed by atoms with Crippen LogP contribution < -0.4 is 0 Å². The Bertz CT molecular complexity index is 228. The molecule has 0 aromatic rings. The van der Waals surface area contributed by atoms with Crippen LogP contribution in [0.4, 0.5) is 0 Å². The van der Waals surface area contributed by atoms with E-state index < -0.39 is 24.1 Å². The second-order valence-electron chi connectivity index (χ2n) is 4.69. The molecule has 0 fully saturated rings. The summed E-state index contributed by atoms with van der Waals surface area (Å²) in [6.07, 6.45) is 6.93. The fourth-order valence-corrected chi connectivity index (χ4v) is 1.48. The van der Waals surface area contributed by atoms with E-state index in [0.717, 1.165) is 0 Å². The van der Waals surface area contributed by atoms with E-state index in [4.69, 9.17) is 20.4 Å². The number of aliphatic hydroxyl groups excluding tert-OH is 2. The standard InChI is InChI=1S/C10H22.C4H6O6/c1-3-5-7-9-10-8-6-4-2;5-1(3(7)8)2(6)4(9)10/h3-10H2,1-2H3;1-2,5-6H,(H,7,8)(H,9,10). The van der Waals surface area contributed by atoms with Crippen LogP contribution in [0.1, 0.15) is 65.2 Å². The van der Waals surface area contributed by atoms with E-state index in [1.807, 2.05) is 0 Å². The molecule has 2 atom stereocenters. The molecular formula is C14H28O6. The molecule has 0 aliphatic heterocycles. The highest BCUT2D eigenvalue weighted by molar-refractivity contribution is 5.83. The highest BCUT2D eigenvalue weighted by Gasteiger charge is 2.29. The zero-order valence-electron chi connectivity index (χ0n) is 12.4. The van der Waals surface area contributed by atoms with Crippen LogP contribution in [0.3, 0.4) is 0 Å². The minimum atomic E-state index is -2.27. The second kappa shape index (κ2) is 14.3. The van der Waals surface area contributed by atoms with Crippen LogP contribution in [0.25, 0.3) is 0 Å². The Hall–Kier alpha value is -1.14. The van der Waals surface area contributed by atoms with Gasteiger partial charge in [-0.2, -0.15) is 0 Å². The van der Waals surface area contributed by atoms with Gasteiger partial charge in [-0.1, -0.05) is 65.2 Å². The Balaban J connectivity index is 0. The first kappa shape index (κ1) is 21.2. The first-order chi connectivity index (χ1) is 9.38. The molecule has 0 aliphatic rings. The second-order valence-corrected chi connectivity index (χ2v) is 4.69. The van der Waals surface area contributed by atoms with Gasteiger partial charge in [0.15, 0.2) is 12.2 Å². The van der Waals surface area contributed by atoms with E-state index >= 15 is 0 Å². The molecular weight excluding hydrogens is 264 g/mol. The number of hydrogen-bond donors (Lipinski definition) is 4. The lowest BCUT2D eigenvalue weighted by atomic mass is 10.1. The minimum absolute atomic E-state index is 1.37. The third kappa shape index (κ3) is 13.3. The summed E-state index contributed by atoms with van der Waals surface area (Å²) in [6.45, 7) is 4.54. The average molecular weight is 292 g/mol. The number of hydrogen-bond acceptors (Lipinski definition) is 4. The molecule has 6 heteroatoms. The average Bonchev–Trinajstić information content (AvgIpc) is 2.41. The Morgan fingerprint density at radius 3 is 1.15 bits per heavy atom. The van der Waals surface area contributed by atoms with E-state index in [-0.39, 0.29) is 0 Å². The highest BCUT2D eigenvalue weighted by atomic mass is 16.4. The number of unbranched alkanes of at least 4 members (excludes halogenated alkanes) is 7. The van der Waals surface area contributed by atoms with Crippen molar-refractivity contribution in [2.24, 2.45) is 0 Å². The molecule has 4 N–H and O–H groups in total. The van der Waals surface area contributed by atoms with Gasteiger partial charge in [-0.25, -0.2) is 9.59 Å². The molecule has 0 radical (unpaired) electrons. The number of carboxylic acids is 2. The van der Waals surface area contributed by atoms with Crippen molar-refractivity contribution in [3.05, 3.63) is 0 Å². The van der Waals surface area contributed by atoms with Crippen molar-refractivity contribution in [3.8, 4) is 0 Å². The zero-order valence-corrected chi connectivity index (χ0v) is 12.4. The number of carboxylic acid groups (broad SMARTS) is 2. The summed E-state index contributed by atoms with van der Waals surface area (Å²) < 4.78 is 0. The van der Waals surface area contributed by atoms with Crippen molar-refractivity contribution < 1.29 is 30.0 Å². The molecule has 0 aromatic heterocycles. The van der Waals surface area contributed by atoms with Gasteiger partial charge in [-0.3, -0.25) is 0 Å². The minimum Gasteiger partial charge on any atom is -0.479 e. The molecule has 0 heterocycles. The Morgan fingerprint density at radius 2 is 0.950 bits per heavy atom. The van der Waals surface area contributed by atoms with Crippen molar-refractivity contribution >= 4 is 11.9 Å². The monoisotopic (exact) mass is 292 g/mol. The van der Waals surface area contributed by atoms with E-state index in [0.29, 0.717) is 0 Å². The lowest BCUT2D eigenvalue weighted by molar-refractivity contribution is -0.165. The van der Waals surface area contributed by atoms with Crippen LogP contribution in [-0.2, 0) is 9.59 Å². The van der Waals surface area contributed by atoms with Crippen molar-refractivity contribution in [2.75, 3.05) is 0 Å². The number of aliphatic hydroxyl groups is 2. The van der Waals surface area contributed by atoms with Gasteiger partial charge >= 0.3 is 11.9 Å². The van der Waals surface area contributed by atoms with Crippen LogP contribution in [0.2, 0.25) is 0 Å².